The predicted octanol–water partition coefficient (Wildman–Crippen LogP) is 0.960. The molecule has 4 heteroatoms. The van der Waals surface area contributed by atoms with Gasteiger partial charge in [-0.05, 0) is 13.8 Å². The maximum Gasteiger partial charge on any atom is 0.232 e. The predicted molar refractivity (Wildman–Crippen MR) is 40.3 cm³/mol. The first kappa shape index (κ1) is 8.07. The second kappa shape index (κ2) is 3.39. The van der Waals surface area contributed by atoms with Crippen molar-refractivity contribution in [1.82, 2.24) is 9.97 Å². The van der Waals surface area contributed by atoms with Crippen molar-refractivity contribution < 1.29 is 9.84 Å². The lowest BCUT2D eigenvalue weighted by atomic mass is 10.5. The van der Waals surface area contributed by atoms with Gasteiger partial charge < -0.3 is 14.8 Å². The molecule has 0 spiro atoms. The molecule has 1 heterocycles. The van der Waals surface area contributed by atoms with Gasteiger partial charge in [0.15, 0.2) is 0 Å². The number of aromatic amines is 1. The van der Waals surface area contributed by atoms with Crippen molar-refractivity contribution in [2.45, 2.75) is 20.5 Å². The summed E-state index contributed by atoms with van der Waals surface area (Å²) in [6.45, 7) is 4.76. The van der Waals surface area contributed by atoms with Gasteiger partial charge in [-0.1, -0.05) is 0 Å². The fourth-order valence-corrected chi connectivity index (χ4v) is 0.779. The molecule has 0 aliphatic carbocycles. The molecule has 2 N–H and O–H groups in total. The van der Waals surface area contributed by atoms with Gasteiger partial charge in [0.25, 0.3) is 0 Å². The molecule has 0 amide bonds. The lowest BCUT2D eigenvalue weighted by Crippen LogP contribution is -1.93. The summed E-state index contributed by atoms with van der Waals surface area (Å²) in [7, 11) is 0. The number of nitrogens with one attached hydrogen (secondary N) is 1. The first-order valence-corrected chi connectivity index (χ1v) is 3.56. The number of aryl methyl sites for hydroxylation is 1. The minimum Gasteiger partial charge on any atom is -0.492 e. The first-order valence-electron chi connectivity index (χ1n) is 3.56. The summed E-state index contributed by atoms with van der Waals surface area (Å²) in [5.74, 6) is 0.724. The number of aromatic nitrogens is 2. The molecule has 0 atom stereocenters. The Morgan fingerprint density at radius 3 is 2.82 bits per heavy atom. The molecule has 4 nitrogen and oxygen atoms in total. The number of hydrogen-bond donors (Lipinski definition) is 2. The van der Waals surface area contributed by atoms with Crippen LogP contribution in [0.3, 0.4) is 0 Å². The maximum atomic E-state index is 9.04. The van der Waals surface area contributed by atoms with E-state index in [-0.39, 0.29) is 5.88 Å². The Morgan fingerprint density at radius 1 is 1.64 bits per heavy atom. The van der Waals surface area contributed by atoms with E-state index in [0.29, 0.717) is 24.7 Å². The highest BCUT2D eigenvalue weighted by Crippen LogP contribution is 2.11. The van der Waals surface area contributed by atoms with Gasteiger partial charge in [0.05, 0.1) is 5.69 Å². The molecule has 0 radical (unpaired) electrons. The van der Waals surface area contributed by atoms with Gasteiger partial charge in [0.1, 0.15) is 12.4 Å². The van der Waals surface area contributed by atoms with Crippen LogP contribution in [0.25, 0.3) is 0 Å². The fraction of sp³-hybridized carbons (Fsp3) is 0.571. The molecule has 0 aromatic carbocycles. The summed E-state index contributed by atoms with van der Waals surface area (Å²) in [5, 5.41) is 9.04. The number of ether oxygens (including phenoxy) is 1. The second-order valence-electron chi connectivity index (χ2n) is 2.27. The summed E-state index contributed by atoms with van der Waals surface area (Å²) >= 11 is 0. The van der Waals surface area contributed by atoms with E-state index in [2.05, 4.69) is 9.97 Å². The largest absolute Gasteiger partial charge is 0.492 e. The molecule has 0 aliphatic heterocycles. The summed E-state index contributed by atoms with van der Waals surface area (Å²) in [6, 6.07) is 0. The van der Waals surface area contributed by atoms with E-state index in [4.69, 9.17) is 9.84 Å². The zero-order valence-corrected chi connectivity index (χ0v) is 6.72. The molecule has 0 aliphatic rings. The number of rotatable bonds is 3. The van der Waals surface area contributed by atoms with Crippen LogP contribution in [0.15, 0.2) is 0 Å². The Hall–Kier alpha value is -1.03. The lowest BCUT2D eigenvalue weighted by molar-refractivity contribution is 0.128. The average Bonchev–Trinajstić information content (AvgIpc) is 2.28. The zero-order chi connectivity index (χ0) is 8.27. The van der Waals surface area contributed by atoms with E-state index in [1.54, 1.807) is 6.92 Å². The number of hydrogen-bond acceptors (Lipinski definition) is 3. The molecule has 1 rings (SSSR count). The van der Waals surface area contributed by atoms with E-state index >= 15 is 0 Å². The second-order valence-corrected chi connectivity index (χ2v) is 2.27. The smallest absolute Gasteiger partial charge is 0.232 e. The van der Waals surface area contributed by atoms with Crippen molar-refractivity contribution in [1.29, 1.82) is 0 Å². The van der Waals surface area contributed by atoms with Crippen LogP contribution in [0.5, 0.6) is 5.88 Å². The Morgan fingerprint density at radius 2 is 2.36 bits per heavy atom. The first-order chi connectivity index (χ1) is 5.24. The molecule has 0 fully saturated rings. The van der Waals surface area contributed by atoms with Crippen LogP contribution in [-0.2, 0) is 11.3 Å². The minimum atomic E-state index is 0.0553. The van der Waals surface area contributed by atoms with Gasteiger partial charge in [0.2, 0.25) is 5.88 Å². The molecule has 1 aromatic heterocycles. The zero-order valence-electron chi connectivity index (χ0n) is 6.72. The van der Waals surface area contributed by atoms with Crippen molar-refractivity contribution in [3.63, 3.8) is 0 Å². The molecule has 0 saturated heterocycles. The molecule has 62 valence electrons. The van der Waals surface area contributed by atoms with Gasteiger partial charge in [-0.25, -0.2) is 0 Å². The summed E-state index contributed by atoms with van der Waals surface area (Å²) < 4.78 is 5.08. The van der Waals surface area contributed by atoms with Crippen molar-refractivity contribution in [2.24, 2.45) is 0 Å². The molecular formula is C7H12N2O2. The number of H-pyrrole nitrogens is 1. The average molecular weight is 156 g/mol. The van der Waals surface area contributed by atoms with Gasteiger partial charge in [0, 0.05) is 6.61 Å². The Kier molecular flexibility index (Phi) is 2.48. The van der Waals surface area contributed by atoms with E-state index in [1.807, 2.05) is 6.92 Å². The molecule has 1 aromatic rings. The highest BCUT2D eigenvalue weighted by Gasteiger charge is 2.02. The minimum absolute atomic E-state index is 0.0553. The Bertz CT molecular complexity index is 213. The van der Waals surface area contributed by atoms with Crippen LogP contribution in [0.4, 0.5) is 0 Å². The van der Waals surface area contributed by atoms with Crippen LogP contribution in [0, 0.1) is 6.92 Å². The quantitative estimate of drug-likeness (QED) is 0.685. The van der Waals surface area contributed by atoms with Crippen LogP contribution in [0.2, 0.25) is 0 Å². The van der Waals surface area contributed by atoms with E-state index < -0.39 is 0 Å². The van der Waals surface area contributed by atoms with Gasteiger partial charge >= 0.3 is 0 Å². The number of nitrogens with zero attached hydrogens (tertiary/aromatic N) is 1. The summed E-state index contributed by atoms with van der Waals surface area (Å²) in [6.07, 6.45) is 0. The maximum absolute atomic E-state index is 9.04. The van der Waals surface area contributed by atoms with Crippen LogP contribution in [-0.4, -0.2) is 21.7 Å². The third-order valence-corrected chi connectivity index (χ3v) is 1.35. The van der Waals surface area contributed by atoms with Crippen molar-refractivity contribution in [3.05, 3.63) is 11.5 Å². The molecule has 0 saturated carbocycles. The van der Waals surface area contributed by atoms with Crippen molar-refractivity contribution in [2.75, 3.05) is 6.61 Å². The molecule has 0 unspecified atom stereocenters. The standard InChI is InChI=1S/C7H12N2O2/c1-3-11-4-6-8-5(2)7(10)9-6/h10H,3-4H2,1-2H3,(H,8,9). The third-order valence-electron chi connectivity index (χ3n) is 1.35. The topological polar surface area (TPSA) is 58.1 Å². The van der Waals surface area contributed by atoms with Crippen LogP contribution >= 0.6 is 0 Å². The van der Waals surface area contributed by atoms with Crippen molar-refractivity contribution >= 4 is 0 Å². The van der Waals surface area contributed by atoms with Gasteiger partial charge in [-0.15, -0.1) is 0 Å². The third kappa shape index (κ3) is 1.94. The normalized spacial score (nSPS) is 10.4. The van der Waals surface area contributed by atoms with Gasteiger partial charge in [-0.2, -0.15) is 4.98 Å². The number of aromatic hydroxyl groups is 1. The SMILES string of the molecule is CCOCc1nc(O)c(C)[nH]1. The fourth-order valence-electron chi connectivity index (χ4n) is 0.779. The van der Waals surface area contributed by atoms with E-state index in [0.717, 1.165) is 0 Å². The van der Waals surface area contributed by atoms with Crippen LogP contribution < -0.4 is 0 Å². The highest BCUT2D eigenvalue weighted by atomic mass is 16.5. The lowest BCUT2D eigenvalue weighted by Gasteiger charge is -1.94. The van der Waals surface area contributed by atoms with Crippen LogP contribution in [0.1, 0.15) is 18.4 Å². The highest BCUT2D eigenvalue weighted by molar-refractivity contribution is 5.16. The summed E-state index contributed by atoms with van der Waals surface area (Å²) in [5.41, 5.74) is 0.680. The van der Waals surface area contributed by atoms with Crippen molar-refractivity contribution in [3.8, 4) is 5.88 Å². The summed E-state index contributed by atoms with van der Waals surface area (Å²) in [4.78, 5) is 6.72. The molecule has 0 bridgehead atoms. The Balaban J connectivity index is 2.58. The van der Waals surface area contributed by atoms with E-state index in [9.17, 15) is 0 Å². The van der Waals surface area contributed by atoms with Gasteiger partial charge in [-0.3, -0.25) is 0 Å². The monoisotopic (exact) mass is 156 g/mol. The number of imidazole rings is 1. The van der Waals surface area contributed by atoms with E-state index in [1.165, 1.54) is 0 Å². The Labute approximate surface area is 65.2 Å². The molecule has 11 heavy (non-hydrogen) atoms. The molecular weight excluding hydrogens is 144 g/mol.